The summed E-state index contributed by atoms with van der Waals surface area (Å²) in [6.07, 6.45) is 2.34. The maximum Gasteiger partial charge on any atom is 0.276 e. The Bertz CT molecular complexity index is 391. The van der Waals surface area contributed by atoms with Crippen LogP contribution in [0.15, 0.2) is 6.33 Å². The maximum atomic E-state index is 11.6. The molecule has 1 atom stereocenters. The molecule has 0 spiro atoms. The number of nitrogens with zero attached hydrogens (tertiary/aromatic N) is 1. The molecule has 2 heterocycles. The average molecular weight is 225 g/mol. The Hall–Kier alpha value is -1.60. The quantitative estimate of drug-likeness (QED) is 0.522. The van der Waals surface area contributed by atoms with Crippen LogP contribution in [-0.4, -0.2) is 34.9 Å². The largest absolute Gasteiger partial charge is 0.376 e. The second kappa shape index (κ2) is 4.11. The number of ether oxygens (including phenoxy) is 1. The molecule has 2 rings (SSSR count). The van der Waals surface area contributed by atoms with E-state index in [1.54, 1.807) is 0 Å². The fourth-order valence-corrected chi connectivity index (χ4v) is 1.53. The molecule has 0 saturated carbocycles. The Kier molecular flexibility index (Phi) is 2.80. The third-order valence-electron chi connectivity index (χ3n) is 2.22. The van der Waals surface area contributed by atoms with Gasteiger partial charge in [-0.15, -0.1) is 0 Å². The Morgan fingerprint density at radius 2 is 2.38 bits per heavy atom. The van der Waals surface area contributed by atoms with E-state index in [4.69, 9.17) is 10.5 Å². The van der Waals surface area contributed by atoms with Crippen molar-refractivity contribution in [3.05, 3.63) is 12.0 Å². The summed E-state index contributed by atoms with van der Waals surface area (Å²) in [5.74, 6) is -0.866. The minimum Gasteiger partial charge on any atom is -0.376 e. The number of carbonyl (C=O) groups excluding carboxylic acids is 1. The third kappa shape index (κ3) is 2.00. The van der Waals surface area contributed by atoms with Gasteiger partial charge in [-0.1, -0.05) is 6.92 Å². The van der Waals surface area contributed by atoms with Crippen LogP contribution in [0.25, 0.3) is 0 Å². The highest BCUT2D eigenvalue weighted by Gasteiger charge is 2.35. The predicted octanol–water partition coefficient (Wildman–Crippen LogP) is -0.396. The second-order valence-electron chi connectivity index (χ2n) is 3.73. The summed E-state index contributed by atoms with van der Waals surface area (Å²) in [5.41, 5.74) is 6.26. The molecule has 0 aliphatic carbocycles. The van der Waals surface area contributed by atoms with Crippen LogP contribution in [-0.2, 0) is 4.74 Å². The molecular formula is C9H15N5O2. The van der Waals surface area contributed by atoms with E-state index in [0.717, 1.165) is 6.42 Å². The second-order valence-corrected chi connectivity index (χ2v) is 3.73. The van der Waals surface area contributed by atoms with Crippen molar-refractivity contribution in [3.8, 4) is 0 Å². The van der Waals surface area contributed by atoms with E-state index in [-0.39, 0.29) is 12.5 Å². The summed E-state index contributed by atoms with van der Waals surface area (Å²) < 4.78 is 5.33. The van der Waals surface area contributed by atoms with Crippen LogP contribution in [0.2, 0.25) is 0 Å². The first-order valence-electron chi connectivity index (χ1n) is 5.15. The topological polar surface area (TPSA) is 105 Å². The van der Waals surface area contributed by atoms with Gasteiger partial charge in [-0.3, -0.25) is 10.5 Å². The number of amides is 1. The van der Waals surface area contributed by atoms with E-state index >= 15 is 0 Å². The highest BCUT2D eigenvalue weighted by atomic mass is 16.5. The molecule has 88 valence electrons. The zero-order valence-corrected chi connectivity index (χ0v) is 9.04. The van der Waals surface area contributed by atoms with E-state index in [2.05, 4.69) is 20.6 Å². The van der Waals surface area contributed by atoms with Crippen molar-refractivity contribution in [2.75, 3.05) is 18.5 Å². The zero-order valence-electron chi connectivity index (χ0n) is 9.04. The molecule has 1 aromatic rings. The number of imidazole rings is 1. The fraction of sp³-hybridized carbons (Fsp3) is 0.556. The lowest BCUT2D eigenvalue weighted by molar-refractivity contribution is 0.0653. The molecule has 0 saturated heterocycles. The summed E-state index contributed by atoms with van der Waals surface area (Å²) >= 11 is 0. The normalized spacial score (nSPS) is 23.5. The van der Waals surface area contributed by atoms with Crippen molar-refractivity contribution in [3.63, 3.8) is 0 Å². The van der Waals surface area contributed by atoms with Crippen LogP contribution in [0.5, 0.6) is 0 Å². The van der Waals surface area contributed by atoms with Gasteiger partial charge < -0.3 is 20.4 Å². The van der Waals surface area contributed by atoms with Gasteiger partial charge in [0.2, 0.25) is 0 Å². The van der Waals surface area contributed by atoms with Crippen molar-refractivity contribution in [1.82, 2.24) is 15.3 Å². The predicted molar refractivity (Wildman–Crippen MR) is 57.7 cm³/mol. The Morgan fingerprint density at radius 1 is 1.56 bits per heavy atom. The number of nitrogens with one attached hydrogen (secondary N) is 3. The Labute approximate surface area is 92.8 Å². The van der Waals surface area contributed by atoms with Gasteiger partial charge in [0.15, 0.2) is 11.5 Å². The molecule has 1 aromatic heterocycles. The summed E-state index contributed by atoms with van der Waals surface area (Å²) in [7, 11) is 0. The Morgan fingerprint density at radius 3 is 3.12 bits per heavy atom. The molecular weight excluding hydrogens is 210 g/mol. The third-order valence-corrected chi connectivity index (χ3v) is 2.22. The number of hydrogen-bond donors (Lipinski definition) is 4. The molecule has 1 amide bonds. The first-order chi connectivity index (χ1) is 7.64. The van der Waals surface area contributed by atoms with Crippen molar-refractivity contribution in [1.29, 1.82) is 0 Å². The molecule has 16 heavy (non-hydrogen) atoms. The smallest absolute Gasteiger partial charge is 0.276 e. The minimum absolute atomic E-state index is 0.199. The summed E-state index contributed by atoms with van der Waals surface area (Å²) in [5, 5.41) is 5.56. The molecule has 0 radical (unpaired) electrons. The lowest BCUT2D eigenvalue weighted by Crippen LogP contribution is -2.66. The van der Waals surface area contributed by atoms with E-state index in [1.807, 2.05) is 6.92 Å². The fourth-order valence-electron chi connectivity index (χ4n) is 1.53. The van der Waals surface area contributed by atoms with Gasteiger partial charge in [-0.25, -0.2) is 4.98 Å². The summed E-state index contributed by atoms with van der Waals surface area (Å²) in [6.45, 7) is 2.81. The van der Waals surface area contributed by atoms with Gasteiger partial charge in [0, 0.05) is 6.61 Å². The number of nitrogens with two attached hydrogens (primary N) is 1. The number of rotatable bonds is 4. The van der Waals surface area contributed by atoms with Crippen LogP contribution in [0.3, 0.4) is 0 Å². The van der Waals surface area contributed by atoms with E-state index in [1.165, 1.54) is 6.33 Å². The number of anilines is 1. The number of hydrogen-bond acceptors (Lipinski definition) is 5. The summed E-state index contributed by atoms with van der Waals surface area (Å²) in [4.78, 5) is 18.3. The number of aromatic amines is 1. The van der Waals surface area contributed by atoms with E-state index < -0.39 is 5.79 Å². The van der Waals surface area contributed by atoms with Crippen LogP contribution < -0.4 is 16.4 Å². The number of fused-ring (bicyclic) bond motifs is 1. The summed E-state index contributed by atoms with van der Waals surface area (Å²) in [6, 6.07) is 0. The maximum absolute atomic E-state index is 11.6. The SMILES string of the molecule is CCCOCC1(N)NC(=O)c2nc[nH]c2N1. The van der Waals surface area contributed by atoms with Crippen LogP contribution in [0, 0.1) is 0 Å². The molecule has 0 aromatic carbocycles. The lowest BCUT2D eigenvalue weighted by Gasteiger charge is -2.34. The molecule has 0 fully saturated rings. The molecule has 1 aliphatic heterocycles. The highest BCUT2D eigenvalue weighted by Crippen LogP contribution is 2.18. The number of carbonyl (C=O) groups is 1. The van der Waals surface area contributed by atoms with Gasteiger partial charge in [0.25, 0.3) is 5.91 Å². The molecule has 1 aliphatic rings. The molecule has 7 heteroatoms. The van der Waals surface area contributed by atoms with Gasteiger partial charge in [-0.2, -0.15) is 0 Å². The lowest BCUT2D eigenvalue weighted by atomic mass is 10.2. The van der Waals surface area contributed by atoms with Crippen LogP contribution >= 0.6 is 0 Å². The van der Waals surface area contributed by atoms with Crippen LogP contribution in [0.4, 0.5) is 5.82 Å². The van der Waals surface area contributed by atoms with E-state index in [0.29, 0.717) is 18.1 Å². The van der Waals surface area contributed by atoms with Gasteiger partial charge >= 0.3 is 0 Å². The van der Waals surface area contributed by atoms with Gasteiger partial charge in [0.1, 0.15) is 12.4 Å². The van der Waals surface area contributed by atoms with E-state index in [9.17, 15) is 4.79 Å². The van der Waals surface area contributed by atoms with Crippen LogP contribution in [0.1, 0.15) is 23.8 Å². The minimum atomic E-state index is -1.08. The van der Waals surface area contributed by atoms with Gasteiger partial charge in [0.05, 0.1) is 6.33 Å². The molecule has 0 bridgehead atoms. The monoisotopic (exact) mass is 225 g/mol. The van der Waals surface area contributed by atoms with Crippen molar-refractivity contribution < 1.29 is 9.53 Å². The van der Waals surface area contributed by atoms with Crippen molar-refractivity contribution >= 4 is 11.7 Å². The van der Waals surface area contributed by atoms with Gasteiger partial charge in [-0.05, 0) is 6.42 Å². The Balaban J connectivity index is 2.07. The first kappa shape index (κ1) is 10.9. The highest BCUT2D eigenvalue weighted by molar-refractivity contribution is 5.99. The molecule has 5 N–H and O–H groups in total. The number of H-pyrrole nitrogens is 1. The number of aromatic nitrogens is 2. The standard InChI is InChI=1S/C9H15N5O2/c1-2-3-16-4-9(10)13-7-6(8(15)14-9)11-5-12-7/h5,13H,2-4,10H2,1H3,(H,11,12)(H,14,15). The zero-order chi connectivity index (χ0) is 11.6. The molecule has 7 nitrogen and oxygen atoms in total. The van der Waals surface area contributed by atoms with Crippen molar-refractivity contribution in [2.24, 2.45) is 5.73 Å². The first-order valence-corrected chi connectivity index (χ1v) is 5.15. The molecule has 1 unspecified atom stereocenters. The average Bonchev–Trinajstić information content (AvgIpc) is 2.65. The van der Waals surface area contributed by atoms with Crippen molar-refractivity contribution in [2.45, 2.75) is 19.1 Å².